The largest absolute Gasteiger partial charge is 0.379 e. The van der Waals surface area contributed by atoms with E-state index in [2.05, 4.69) is 20.1 Å². The van der Waals surface area contributed by atoms with Crippen LogP contribution in [0, 0.1) is 0 Å². The van der Waals surface area contributed by atoms with Crippen molar-refractivity contribution in [3.63, 3.8) is 0 Å². The standard InChI is InChI=1S/C9H9N3O2S2.C6H5N3/c1-2-9(13)14-16-15-8-5-3-7(4-6-8)11-12-10;7-9-8-6-4-2-1-3-5-6/h3-6H,2H2,1H3;1-5H. The number of carbonyl (C=O) groups is 1. The molecule has 25 heavy (non-hydrogen) atoms. The van der Waals surface area contributed by atoms with E-state index in [4.69, 9.17) is 15.2 Å². The van der Waals surface area contributed by atoms with Gasteiger partial charge < -0.3 is 4.18 Å². The van der Waals surface area contributed by atoms with E-state index in [0.29, 0.717) is 17.8 Å². The van der Waals surface area contributed by atoms with E-state index in [9.17, 15) is 4.79 Å². The summed E-state index contributed by atoms with van der Waals surface area (Å²) in [6.45, 7) is 1.74. The van der Waals surface area contributed by atoms with Crippen LogP contribution >= 0.6 is 21.9 Å². The molecule has 10 heteroatoms. The molecular weight excluding hydrogens is 360 g/mol. The van der Waals surface area contributed by atoms with Crippen molar-refractivity contribution in [2.75, 3.05) is 0 Å². The maximum Gasteiger partial charge on any atom is 0.318 e. The summed E-state index contributed by atoms with van der Waals surface area (Å²) in [5.41, 5.74) is 17.4. The van der Waals surface area contributed by atoms with Crippen LogP contribution in [0.2, 0.25) is 0 Å². The van der Waals surface area contributed by atoms with Gasteiger partial charge in [0.25, 0.3) is 0 Å². The SMILES string of the molecule is CCC(=O)OSSc1ccc(N=[N+]=[N-])cc1.[N-]=[N+]=Nc1ccccc1. The first-order valence-electron chi connectivity index (χ1n) is 6.99. The Morgan fingerprint density at radius 2 is 1.56 bits per heavy atom. The maximum absolute atomic E-state index is 10.8. The Morgan fingerprint density at radius 1 is 1.00 bits per heavy atom. The fourth-order valence-corrected chi connectivity index (χ4v) is 2.77. The molecule has 0 saturated heterocycles. The fraction of sp³-hybridized carbons (Fsp3) is 0.133. The molecular formula is C15H14N6O2S2. The summed E-state index contributed by atoms with van der Waals surface area (Å²) in [5, 5.41) is 6.84. The summed E-state index contributed by atoms with van der Waals surface area (Å²) in [4.78, 5) is 17.1. The topological polar surface area (TPSA) is 124 Å². The highest BCUT2D eigenvalue weighted by atomic mass is 33.1. The highest BCUT2D eigenvalue weighted by Crippen LogP contribution is 2.32. The van der Waals surface area contributed by atoms with Gasteiger partial charge in [0.05, 0.1) is 0 Å². The molecule has 2 aromatic carbocycles. The molecule has 0 atom stereocenters. The third-order valence-electron chi connectivity index (χ3n) is 2.46. The first-order chi connectivity index (χ1) is 12.2. The first-order valence-corrected chi connectivity index (χ1v) is 9.06. The lowest BCUT2D eigenvalue weighted by molar-refractivity contribution is -0.132. The second-order valence-corrected chi connectivity index (χ2v) is 6.02. The summed E-state index contributed by atoms with van der Waals surface area (Å²) in [6.07, 6.45) is 0.364. The van der Waals surface area contributed by atoms with Gasteiger partial charge in [-0.2, -0.15) is 0 Å². The van der Waals surface area contributed by atoms with E-state index in [1.54, 1.807) is 43.3 Å². The molecule has 0 heterocycles. The molecule has 0 spiro atoms. The van der Waals surface area contributed by atoms with Gasteiger partial charge in [0, 0.05) is 32.5 Å². The molecule has 0 fully saturated rings. The van der Waals surface area contributed by atoms with Gasteiger partial charge in [-0.25, -0.2) is 0 Å². The molecule has 0 aromatic heterocycles. The number of benzene rings is 2. The van der Waals surface area contributed by atoms with Gasteiger partial charge in [-0.05, 0) is 34.0 Å². The van der Waals surface area contributed by atoms with Crippen LogP contribution in [0.3, 0.4) is 0 Å². The quantitative estimate of drug-likeness (QED) is 0.180. The zero-order valence-electron chi connectivity index (χ0n) is 13.2. The second-order valence-electron chi connectivity index (χ2n) is 4.17. The molecule has 0 radical (unpaired) electrons. The van der Waals surface area contributed by atoms with E-state index in [0.717, 1.165) is 16.0 Å². The molecule has 2 aromatic rings. The number of hydrogen-bond acceptors (Lipinski definition) is 6. The minimum atomic E-state index is -0.247. The molecule has 0 saturated carbocycles. The van der Waals surface area contributed by atoms with Crippen LogP contribution in [0.5, 0.6) is 0 Å². The number of nitrogens with zero attached hydrogens (tertiary/aromatic N) is 6. The predicted molar refractivity (Wildman–Crippen MR) is 100 cm³/mol. The van der Waals surface area contributed by atoms with Gasteiger partial charge in [-0.1, -0.05) is 59.6 Å². The highest BCUT2D eigenvalue weighted by molar-refractivity contribution is 8.75. The average molecular weight is 374 g/mol. The first kappa shape index (κ1) is 20.3. The molecule has 0 aliphatic carbocycles. The van der Waals surface area contributed by atoms with Crippen molar-refractivity contribution >= 4 is 39.2 Å². The van der Waals surface area contributed by atoms with Gasteiger partial charge in [-0.3, -0.25) is 4.79 Å². The van der Waals surface area contributed by atoms with Crippen LogP contribution in [0.15, 0.2) is 69.7 Å². The maximum atomic E-state index is 10.8. The smallest absolute Gasteiger partial charge is 0.318 e. The zero-order valence-corrected chi connectivity index (χ0v) is 14.9. The third-order valence-corrected chi connectivity index (χ3v) is 4.23. The van der Waals surface area contributed by atoms with E-state index < -0.39 is 0 Å². The number of hydrogen-bond donors (Lipinski definition) is 0. The fourth-order valence-electron chi connectivity index (χ4n) is 1.32. The predicted octanol–water partition coefficient (Wildman–Crippen LogP) is 6.87. The van der Waals surface area contributed by atoms with Gasteiger partial charge in [0.1, 0.15) is 11.1 Å². The van der Waals surface area contributed by atoms with Gasteiger partial charge in [0.2, 0.25) is 0 Å². The monoisotopic (exact) mass is 374 g/mol. The lowest BCUT2D eigenvalue weighted by atomic mass is 10.3. The Bertz CT molecular complexity index is 757. The zero-order chi connectivity index (χ0) is 18.3. The normalized spacial score (nSPS) is 8.84. The summed E-state index contributed by atoms with van der Waals surface area (Å²) in [6, 6.07) is 16.0. The molecule has 2 rings (SSSR count). The molecule has 8 nitrogen and oxygen atoms in total. The molecule has 0 N–H and O–H groups in total. The van der Waals surface area contributed by atoms with Gasteiger partial charge in [-0.15, -0.1) is 0 Å². The van der Waals surface area contributed by atoms with Crippen molar-refractivity contribution in [3.8, 4) is 0 Å². The van der Waals surface area contributed by atoms with Gasteiger partial charge in [0.15, 0.2) is 0 Å². The Morgan fingerprint density at radius 3 is 2.08 bits per heavy atom. The Kier molecular flexibility index (Phi) is 10.2. The Hall–Kier alpha value is -2.77. The highest BCUT2D eigenvalue weighted by Gasteiger charge is 2.01. The summed E-state index contributed by atoms with van der Waals surface area (Å²) in [7, 11) is 1.33. The number of carbonyl (C=O) groups excluding carboxylic acids is 1. The lowest BCUT2D eigenvalue weighted by Crippen LogP contribution is -1.92. The molecule has 0 bridgehead atoms. The average Bonchev–Trinajstić information content (AvgIpc) is 2.65. The molecule has 0 aliphatic rings. The summed E-state index contributed by atoms with van der Waals surface area (Å²) in [5.74, 6) is -0.247. The van der Waals surface area contributed by atoms with Crippen molar-refractivity contribution in [2.45, 2.75) is 18.2 Å². The Labute approximate surface area is 152 Å². The van der Waals surface area contributed by atoms with Crippen LogP contribution in [0.4, 0.5) is 11.4 Å². The number of rotatable bonds is 6. The molecule has 0 amide bonds. The minimum absolute atomic E-state index is 0.247. The van der Waals surface area contributed by atoms with Crippen molar-refractivity contribution in [1.82, 2.24) is 0 Å². The molecule has 0 unspecified atom stereocenters. The Balaban J connectivity index is 0.000000293. The third kappa shape index (κ3) is 9.19. The van der Waals surface area contributed by atoms with Crippen molar-refractivity contribution in [1.29, 1.82) is 0 Å². The van der Waals surface area contributed by atoms with Crippen LogP contribution in [0.25, 0.3) is 20.9 Å². The molecule has 0 aliphatic heterocycles. The van der Waals surface area contributed by atoms with E-state index in [-0.39, 0.29) is 5.97 Å². The minimum Gasteiger partial charge on any atom is -0.379 e. The molecule has 128 valence electrons. The van der Waals surface area contributed by atoms with Crippen LogP contribution < -0.4 is 0 Å². The van der Waals surface area contributed by atoms with Crippen LogP contribution in [0.1, 0.15) is 13.3 Å². The van der Waals surface area contributed by atoms with E-state index in [1.165, 1.54) is 10.8 Å². The van der Waals surface area contributed by atoms with Crippen LogP contribution in [-0.2, 0) is 8.98 Å². The van der Waals surface area contributed by atoms with Gasteiger partial charge >= 0.3 is 5.97 Å². The number of azide groups is 2. The van der Waals surface area contributed by atoms with Crippen LogP contribution in [-0.4, -0.2) is 5.97 Å². The van der Waals surface area contributed by atoms with Crippen molar-refractivity contribution < 1.29 is 8.98 Å². The van der Waals surface area contributed by atoms with E-state index >= 15 is 0 Å². The summed E-state index contributed by atoms with van der Waals surface area (Å²) < 4.78 is 4.83. The lowest BCUT2D eigenvalue weighted by Gasteiger charge is -2.00. The van der Waals surface area contributed by atoms with Crippen molar-refractivity contribution in [3.05, 3.63) is 75.5 Å². The van der Waals surface area contributed by atoms with Crippen molar-refractivity contribution in [2.24, 2.45) is 10.2 Å². The second kappa shape index (κ2) is 12.6. The van der Waals surface area contributed by atoms with E-state index in [1.807, 2.05) is 18.2 Å². The summed E-state index contributed by atoms with van der Waals surface area (Å²) >= 11 is 1.02.